The smallest absolute Gasteiger partial charge is 0.303 e. The second-order valence-corrected chi connectivity index (χ2v) is 6.90. The Kier molecular flexibility index (Phi) is 5.94. The van der Waals surface area contributed by atoms with Crippen molar-refractivity contribution < 1.29 is 33.3 Å². The predicted molar refractivity (Wildman–Crippen MR) is 99.0 cm³/mol. The monoisotopic (exact) mass is 424 g/mol. The number of nitrogens with zero attached hydrogens (tertiary/aromatic N) is 3. The van der Waals surface area contributed by atoms with Crippen molar-refractivity contribution in [2.75, 3.05) is 0 Å². The number of carbonyl (C=O) groups is 3. The van der Waals surface area contributed by atoms with Crippen LogP contribution in [0.25, 0.3) is 11.2 Å². The van der Waals surface area contributed by atoms with E-state index in [-0.39, 0.29) is 4.64 Å². The lowest BCUT2D eigenvalue weighted by Gasteiger charge is -2.44. The van der Waals surface area contributed by atoms with Gasteiger partial charge in [-0.25, -0.2) is 9.97 Å². The minimum atomic E-state index is -1.12. The molecule has 12 heteroatoms. The van der Waals surface area contributed by atoms with Crippen LogP contribution in [0, 0.1) is 4.64 Å². The van der Waals surface area contributed by atoms with Gasteiger partial charge in [-0.05, 0) is 6.92 Å². The molecule has 1 N–H and O–H groups in total. The summed E-state index contributed by atoms with van der Waals surface area (Å²) in [7, 11) is 0. The van der Waals surface area contributed by atoms with Gasteiger partial charge in [-0.3, -0.25) is 19.0 Å². The van der Waals surface area contributed by atoms with E-state index >= 15 is 0 Å². The number of esters is 3. The SMILES string of the molecule is CC(=O)O[C@H]1[C@H](OC(C)=O)[C@H](C)O[C@@H](n2cnc3c(=S)nc[nH]c32)[C@H]1OC(C)=O. The number of hydrogen-bond acceptors (Lipinski definition) is 10. The van der Waals surface area contributed by atoms with Gasteiger partial charge in [0.15, 0.2) is 29.2 Å². The van der Waals surface area contributed by atoms with Crippen LogP contribution in [-0.2, 0) is 33.3 Å². The fourth-order valence-corrected chi connectivity index (χ4v) is 3.48. The third-order valence-corrected chi connectivity index (χ3v) is 4.60. The molecule has 0 amide bonds. The lowest BCUT2D eigenvalue weighted by molar-refractivity contribution is -0.259. The molecule has 2 aromatic heterocycles. The summed E-state index contributed by atoms with van der Waals surface area (Å²) in [6, 6.07) is 0. The summed E-state index contributed by atoms with van der Waals surface area (Å²) in [5, 5.41) is 0. The standard InChI is InChI=1S/C17H20N4O7S/c1-7-12(26-8(2)22)13(27-9(3)23)14(28-10(4)24)17(25-7)21-6-20-11-15(21)18-5-19-16(11)29/h5-7,12-14,17H,1-4H3,(H,18,19,29)/t7-,12+,13-,14-,17+/m0/s1. The molecular formula is C17H20N4O7S. The van der Waals surface area contributed by atoms with Gasteiger partial charge in [0, 0.05) is 20.8 Å². The van der Waals surface area contributed by atoms with Crippen molar-refractivity contribution >= 4 is 41.3 Å². The highest BCUT2D eigenvalue weighted by molar-refractivity contribution is 7.71. The highest BCUT2D eigenvalue weighted by Crippen LogP contribution is 2.35. The highest BCUT2D eigenvalue weighted by atomic mass is 32.1. The van der Waals surface area contributed by atoms with Gasteiger partial charge in [0.25, 0.3) is 0 Å². The number of nitrogens with one attached hydrogen (secondary N) is 1. The molecule has 29 heavy (non-hydrogen) atoms. The van der Waals surface area contributed by atoms with E-state index in [1.165, 1.54) is 33.4 Å². The molecule has 2 aromatic rings. The van der Waals surface area contributed by atoms with Crippen LogP contribution in [0.3, 0.4) is 0 Å². The molecule has 156 valence electrons. The molecule has 1 aliphatic heterocycles. The molecule has 3 heterocycles. The minimum Gasteiger partial charge on any atom is -0.456 e. The van der Waals surface area contributed by atoms with Crippen molar-refractivity contribution in [3.05, 3.63) is 17.3 Å². The van der Waals surface area contributed by atoms with Gasteiger partial charge in [0.2, 0.25) is 0 Å². The molecule has 0 radical (unpaired) electrons. The summed E-state index contributed by atoms with van der Waals surface area (Å²) in [6.07, 6.45) is -1.98. The van der Waals surface area contributed by atoms with Gasteiger partial charge in [-0.2, -0.15) is 0 Å². The van der Waals surface area contributed by atoms with Crippen LogP contribution in [0.2, 0.25) is 0 Å². The zero-order valence-corrected chi connectivity index (χ0v) is 17.0. The van der Waals surface area contributed by atoms with Crippen LogP contribution >= 0.6 is 12.2 Å². The number of aromatic nitrogens is 4. The Hall–Kier alpha value is -2.86. The zero-order chi connectivity index (χ0) is 21.3. The Morgan fingerprint density at radius 1 is 1.03 bits per heavy atom. The molecule has 0 spiro atoms. The summed E-state index contributed by atoms with van der Waals surface area (Å²) >= 11 is 5.18. The number of hydrogen-bond donors (Lipinski definition) is 1. The Morgan fingerprint density at radius 2 is 1.62 bits per heavy atom. The number of aromatic amines is 1. The van der Waals surface area contributed by atoms with Crippen LogP contribution in [0.5, 0.6) is 0 Å². The fraction of sp³-hybridized carbons (Fsp3) is 0.529. The highest BCUT2D eigenvalue weighted by Gasteiger charge is 2.51. The van der Waals surface area contributed by atoms with E-state index in [2.05, 4.69) is 15.0 Å². The Morgan fingerprint density at radius 3 is 2.24 bits per heavy atom. The van der Waals surface area contributed by atoms with Crippen LogP contribution in [0.4, 0.5) is 0 Å². The van der Waals surface area contributed by atoms with E-state index in [0.29, 0.717) is 11.2 Å². The number of rotatable bonds is 4. The van der Waals surface area contributed by atoms with Crippen molar-refractivity contribution in [1.29, 1.82) is 0 Å². The first-order valence-electron chi connectivity index (χ1n) is 8.76. The molecule has 3 rings (SSSR count). The normalized spacial score (nSPS) is 26.7. The Bertz CT molecular complexity index is 1000. The van der Waals surface area contributed by atoms with E-state index in [1.54, 1.807) is 11.5 Å². The van der Waals surface area contributed by atoms with E-state index in [4.69, 9.17) is 31.2 Å². The van der Waals surface area contributed by atoms with Crippen molar-refractivity contribution in [1.82, 2.24) is 19.5 Å². The number of imidazole rings is 1. The molecule has 1 saturated heterocycles. The maximum absolute atomic E-state index is 11.8. The molecule has 11 nitrogen and oxygen atoms in total. The quantitative estimate of drug-likeness (QED) is 0.433. The van der Waals surface area contributed by atoms with Crippen LogP contribution in [-0.4, -0.2) is 61.8 Å². The molecule has 0 aliphatic carbocycles. The molecular weight excluding hydrogens is 404 g/mol. The number of ether oxygens (including phenoxy) is 4. The van der Waals surface area contributed by atoms with Crippen LogP contribution < -0.4 is 0 Å². The van der Waals surface area contributed by atoms with Gasteiger partial charge in [0.1, 0.15) is 11.2 Å². The number of H-pyrrole nitrogens is 1. The summed E-state index contributed by atoms with van der Waals surface area (Å²) in [5.74, 6) is -1.85. The summed E-state index contributed by atoms with van der Waals surface area (Å²) in [5.41, 5.74) is 0.901. The molecule has 1 fully saturated rings. The third-order valence-electron chi connectivity index (χ3n) is 4.31. The maximum atomic E-state index is 11.8. The van der Waals surface area contributed by atoms with E-state index in [0.717, 1.165) is 0 Å². The van der Waals surface area contributed by atoms with Crippen molar-refractivity contribution in [2.24, 2.45) is 0 Å². The van der Waals surface area contributed by atoms with Gasteiger partial charge in [-0.15, -0.1) is 0 Å². The number of carbonyl (C=O) groups excluding carboxylic acids is 3. The van der Waals surface area contributed by atoms with Gasteiger partial charge in [0.05, 0.1) is 18.8 Å². The largest absolute Gasteiger partial charge is 0.456 e. The second-order valence-electron chi connectivity index (χ2n) is 6.51. The van der Waals surface area contributed by atoms with E-state index in [1.807, 2.05) is 0 Å². The van der Waals surface area contributed by atoms with Crippen molar-refractivity contribution in [3.8, 4) is 0 Å². The fourth-order valence-electron chi connectivity index (χ4n) is 3.28. The molecule has 1 aliphatic rings. The first-order chi connectivity index (χ1) is 13.7. The minimum absolute atomic E-state index is 0.278. The average molecular weight is 424 g/mol. The number of fused-ring (bicyclic) bond motifs is 1. The third kappa shape index (κ3) is 4.27. The van der Waals surface area contributed by atoms with Gasteiger partial charge < -0.3 is 23.9 Å². The topological polar surface area (TPSA) is 135 Å². The maximum Gasteiger partial charge on any atom is 0.303 e. The Labute approximate surface area is 170 Å². The van der Waals surface area contributed by atoms with Gasteiger partial charge in [-0.1, -0.05) is 12.2 Å². The van der Waals surface area contributed by atoms with Crippen LogP contribution in [0.1, 0.15) is 33.9 Å². The van der Waals surface area contributed by atoms with Crippen molar-refractivity contribution in [2.45, 2.75) is 58.3 Å². The second kappa shape index (κ2) is 8.25. The lowest BCUT2D eigenvalue weighted by atomic mass is 9.97. The van der Waals surface area contributed by atoms with Crippen LogP contribution in [0.15, 0.2) is 12.7 Å². The summed E-state index contributed by atoms with van der Waals surface area (Å²) < 4.78 is 24.0. The predicted octanol–water partition coefficient (Wildman–Crippen LogP) is 1.20. The molecule has 0 unspecified atom stereocenters. The first kappa shape index (κ1) is 20.9. The summed E-state index contributed by atoms with van der Waals surface area (Å²) in [4.78, 5) is 46.3. The lowest BCUT2D eigenvalue weighted by Crippen LogP contribution is -2.58. The Balaban J connectivity index is 2.10. The molecule has 0 saturated carbocycles. The summed E-state index contributed by atoms with van der Waals surface area (Å²) in [6.45, 7) is 5.30. The molecule has 0 aromatic carbocycles. The van der Waals surface area contributed by atoms with Gasteiger partial charge >= 0.3 is 17.9 Å². The van der Waals surface area contributed by atoms with Crippen molar-refractivity contribution in [3.63, 3.8) is 0 Å². The van der Waals surface area contributed by atoms with E-state index < -0.39 is 48.6 Å². The first-order valence-corrected chi connectivity index (χ1v) is 9.17. The molecule has 5 atom stereocenters. The zero-order valence-electron chi connectivity index (χ0n) is 16.1. The van der Waals surface area contributed by atoms with E-state index in [9.17, 15) is 14.4 Å². The molecule has 0 bridgehead atoms. The average Bonchev–Trinajstić information content (AvgIpc) is 3.04.